The van der Waals surface area contributed by atoms with Gasteiger partial charge in [-0.2, -0.15) is 0 Å². The molecule has 1 unspecified atom stereocenters. The largest absolute Gasteiger partial charge is 0.354 e. The van der Waals surface area contributed by atoms with E-state index in [2.05, 4.69) is 25.4 Å². The lowest BCUT2D eigenvalue weighted by molar-refractivity contribution is -0.125. The maximum absolute atomic E-state index is 12.7. The van der Waals surface area contributed by atoms with Gasteiger partial charge >= 0.3 is 0 Å². The van der Waals surface area contributed by atoms with Crippen molar-refractivity contribution in [3.05, 3.63) is 45.2 Å². The Morgan fingerprint density at radius 3 is 2.86 bits per heavy atom. The summed E-state index contributed by atoms with van der Waals surface area (Å²) < 4.78 is 0. The minimum Gasteiger partial charge on any atom is -0.354 e. The molecule has 6 nitrogen and oxygen atoms in total. The van der Waals surface area contributed by atoms with Crippen LogP contribution in [-0.4, -0.2) is 34.2 Å². The topological polar surface area (TPSA) is 71.0 Å². The number of carbonyl (C=O) groups excluding carboxylic acids is 1. The molecule has 28 heavy (non-hydrogen) atoms. The first-order valence-corrected chi connectivity index (χ1v) is 11.1. The number of rotatable bonds is 5. The third-order valence-electron chi connectivity index (χ3n) is 4.96. The van der Waals surface area contributed by atoms with Crippen molar-refractivity contribution in [1.29, 1.82) is 0 Å². The number of aryl methyl sites for hydroxylation is 2. The van der Waals surface area contributed by atoms with E-state index in [0.29, 0.717) is 13.1 Å². The van der Waals surface area contributed by atoms with Crippen LogP contribution in [0, 0.1) is 19.8 Å². The first kappa shape index (κ1) is 19.0. The van der Waals surface area contributed by atoms with Gasteiger partial charge in [0.15, 0.2) is 5.82 Å². The summed E-state index contributed by atoms with van der Waals surface area (Å²) in [5, 5.41) is 14.9. The SMILES string of the molecule is Cc1nc(C)c(CNC(=O)C2CCCN(c3ccc(-c4cccs4)nn3)C2)s1. The van der Waals surface area contributed by atoms with E-state index in [-0.39, 0.29) is 11.8 Å². The number of hydrogen-bond acceptors (Lipinski definition) is 7. The zero-order valence-electron chi connectivity index (χ0n) is 16.0. The van der Waals surface area contributed by atoms with E-state index in [1.54, 1.807) is 22.7 Å². The fourth-order valence-electron chi connectivity index (χ4n) is 3.50. The molecule has 8 heteroatoms. The smallest absolute Gasteiger partial charge is 0.225 e. The van der Waals surface area contributed by atoms with Gasteiger partial charge < -0.3 is 10.2 Å². The standard InChI is InChI=1S/C20H23N5OS2/c1-13-18(28-14(2)22-13)11-21-20(26)15-5-3-9-25(12-15)19-8-7-16(23-24-19)17-6-4-10-27-17/h4,6-8,10,15H,3,5,9,11-12H2,1-2H3,(H,21,26). The van der Waals surface area contributed by atoms with Gasteiger partial charge in [0.25, 0.3) is 0 Å². The highest BCUT2D eigenvalue weighted by Gasteiger charge is 2.27. The average Bonchev–Trinajstić information content (AvgIpc) is 3.36. The summed E-state index contributed by atoms with van der Waals surface area (Å²) in [5.74, 6) is 0.923. The molecule has 4 heterocycles. The molecule has 3 aromatic rings. The van der Waals surface area contributed by atoms with Gasteiger partial charge in [0.1, 0.15) is 5.69 Å². The third kappa shape index (κ3) is 4.23. The van der Waals surface area contributed by atoms with Crippen LogP contribution < -0.4 is 10.2 Å². The van der Waals surface area contributed by atoms with Crippen LogP contribution in [0.4, 0.5) is 5.82 Å². The Hall–Kier alpha value is -2.32. The van der Waals surface area contributed by atoms with Gasteiger partial charge in [-0.25, -0.2) is 4.98 Å². The highest BCUT2D eigenvalue weighted by Crippen LogP contribution is 2.26. The van der Waals surface area contributed by atoms with Crippen molar-refractivity contribution in [1.82, 2.24) is 20.5 Å². The summed E-state index contributed by atoms with van der Waals surface area (Å²) in [4.78, 5) is 21.5. The van der Waals surface area contributed by atoms with Gasteiger partial charge in [0, 0.05) is 18.0 Å². The van der Waals surface area contributed by atoms with Crippen LogP contribution in [0.25, 0.3) is 10.6 Å². The molecule has 1 amide bonds. The lowest BCUT2D eigenvalue weighted by atomic mass is 9.97. The van der Waals surface area contributed by atoms with E-state index >= 15 is 0 Å². The Kier molecular flexibility index (Phi) is 5.68. The second-order valence-electron chi connectivity index (χ2n) is 7.00. The number of piperidine rings is 1. The molecular weight excluding hydrogens is 390 g/mol. The van der Waals surface area contributed by atoms with Gasteiger partial charge in [-0.15, -0.1) is 32.9 Å². The molecule has 0 bridgehead atoms. The van der Waals surface area contributed by atoms with Gasteiger partial charge in [-0.3, -0.25) is 4.79 Å². The summed E-state index contributed by atoms with van der Waals surface area (Å²) in [5.41, 5.74) is 1.90. The van der Waals surface area contributed by atoms with E-state index in [9.17, 15) is 4.79 Å². The van der Waals surface area contributed by atoms with Gasteiger partial charge in [0.05, 0.1) is 28.0 Å². The van der Waals surface area contributed by atoms with E-state index in [1.165, 1.54) is 0 Å². The van der Waals surface area contributed by atoms with Gasteiger partial charge in [0.2, 0.25) is 5.91 Å². The molecule has 1 fully saturated rings. The minimum absolute atomic E-state index is 0.0261. The number of nitrogens with one attached hydrogen (secondary N) is 1. The molecule has 1 aliphatic rings. The van der Waals surface area contributed by atoms with E-state index in [1.807, 2.05) is 43.5 Å². The molecular formula is C20H23N5OS2. The van der Waals surface area contributed by atoms with Crippen LogP contribution >= 0.6 is 22.7 Å². The number of aromatic nitrogens is 3. The number of anilines is 1. The quantitative estimate of drug-likeness (QED) is 0.689. The van der Waals surface area contributed by atoms with Crippen molar-refractivity contribution >= 4 is 34.4 Å². The average molecular weight is 414 g/mol. The third-order valence-corrected chi connectivity index (χ3v) is 6.93. The number of thiazole rings is 1. The normalized spacial score (nSPS) is 16.9. The molecule has 1 N–H and O–H groups in total. The fourth-order valence-corrected chi connectivity index (χ4v) is 5.07. The highest BCUT2D eigenvalue weighted by atomic mass is 32.1. The monoisotopic (exact) mass is 413 g/mol. The summed E-state index contributed by atoms with van der Waals surface area (Å²) >= 11 is 3.30. The van der Waals surface area contributed by atoms with Crippen molar-refractivity contribution in [2.45, 2.75) is 33.2 Å². The van der Waals surface area contributed by atoms with Crippen LogP contribution in [-0.2, 0) is 11.3 Å². The zero-order chi connectivity index (χ0) is 19.5. The van der Waals surface area contributed by atoms with Crippen molar-refractivity contribution < 1.29 is 4.79 Å². The number of carbonyl (C=O) groups is 1. The van der Waals surface area contributed by atoms with Gasteiger partial charge in [-0.05, 0) is 50.3 Å². The zero-order valence-corrected chi connectivity index (χ0v) is 17.6. The fraction of sp³-hybridized carbons (Fsp3) is 0.400. The second-order valence-corrected chi connectivity index (χ2v) is 9.23. The van der Waals surface area contributed by atoms with Crippen LogP contribution in [0.2, 0.25) is 0 Å². The predicted molar refractivity (Wildman–Crippen MR) is 114 cm³/mol. The summed E-state index contributed by atoms with van der Waals surface area (Å²) in [6.45, 7) is 6.13. The Bertz CT molecular complexity index is 936. The lowest BCUT2D eigenvalue weighted by Crippen LogP contribution is -2.43. The van der Waals surface area contributed by atoms with E-state index < -0.39 is 0 Å². The van der Waals surface area contributed by atoms with Crippen molar-refractivity contribution in [3.8, 4) is 10.6 Å². The minimum atomic E-state index is -0.0261. The maximum atomic E-state index is 12.7. The van der Waals surface area contributed by atoms with E-state index in [4.69, 9.17) is 0 Å². The molecule has 0 aromatic carbocycles. The molecule has 1 saturated heterocycles. The van der Waals surface area contributed by atoms with Crippen molar-refractivity contribution in [3.63, 3.8) is 0 Å². The van der Waals surface area contributed by atoms with Crippen LogP contribution in [0.1, 0.15) is 28.4 Å². The molecule has 1 aliphatic heterocycles. The van der Waals surface area contributed by atoms with Crippen molar-refractivity contribution in [2.24, 2.45) is 5.92 Å². The Morgan fingerprint density at radius 2 is 2.18 bits per heavy atom. The first-order chi connectivity index (χ1) is 13.6. The molecule has 0 radical (unpaired) electrons. The molecule has 0 aliphatic carbocycles. The molecule has 4 rings (SSSR count). The molecule has 146 valence electrons. The summed E-state index contributed by atoms with van der Waals surface area (Å²) in [6, 6.07) is 8.07. The molecule has 0 spiro atoms. The van der Waals surface area contributed by atoms with Crippen molar-refractivity contribution in [2.75, 3.05) is 18.0 Å². The number of amides is 1. The Balaban J connectivity index is 1.37. The number of hydrogen-bond donors (Lipinski definition) is 1. The number of thiophene rings is 1. The summed E-state index contributed by atoms with van der Waals surface area (Å²) in [6.07, 6.45) is 1.88. The Morgan fingerprint density at radius 1 is 1.29 bits per heavy atom. The van der Waals surface area contributed by atoms with Crippen LogP contribution in [0.15, 0.2) is 29.6 Å². The maximum Gasteiger partial charge on any atom is 0.225 e. The summed E-state index contributed by atoms with van der Waals surface area (Å²) in [7, 11) is 0. The Labute approximate surface area is 172 Å². The predicted octanol–water partition coefficient (Wildman–Crippen LogP) is 3.81. The molecule has 3 aromatic heterocycles. The second kappa shape index (κ2) is 8.36. The lowest BCUT2D eigenvalue weighted by Gasteiger charge is -2.32. The highest BCUT2D eigenvalue weighted by molar-refractivity contribution is 7.13. The van der Waals surface area contributed by atoms with Gasteiger partial charge in [-0.1, -0.05) is 6.07 Å². The molecule has 0 saturated carbocycles. The molecule has 1 atom stereocenters. The number of nitrogens with zero attached hydrogens (tertiary/aromatic N) is 4. The van der Waals surface area contributed by atoms with E-state index in [0.717, 1.165) is 51.4 Å². The van der Waals surface area contributed by atoms with Crippen LogP contribution in [0.3, 0.4) is 0 Å². The van der Waals surface area contributed by atoms with Crippen LogP contribution in [0.5, 0.6) is 0 Å². The first-order valence-electron chi connectivity index (χ1n) is 9.43.